The molecule has 7 nitrogen and oxygen atoms in total. The molecule has 1 N–H and O–H groups in total. The zero-order chi connectivity index (χ0) is 21.6. The smallest absolute Gasteiger partial charge is 0.243 e. The number of nitrogens with one attached hydrogen (secondary N) is 1. The van der Waals surface area contributed by atoms with Crippen LogP contribution in [0.4, 0.5) is 0 Å². The van der Waals surface area contributed by atoms with Crippen LogP contribution < -0.4 is 0 Å². The van der Waals surface area contributed by atoms with Crippen molar-refractivity contribution in [1.29, 1.82) is 0 Å². The first-order valence-electron chi connectivity index (χ1n) is 10.4. The van der Waals surface area contributed by atoms with E-state index in [1.54, 1.807) is 34.8 Å². The topological polar surface area (TPSA) is 83.9 Å². The molecular weight excluding hydrogens is 410 g/mol. The number of benzene rings is 2. The SMILES string of the molecule is CC1(C)CC(Cn2ncc3cc(-c4cn[nH]c4)ccc32)CN1S(=O)(=O)c1ccccc1. The molecule has 1 aliphatic rings. The fourth-order valence-electron chi connectivity index (χ4n) is 4.69. The lowest BCUT2D eigenvalue weighted by atomic mass is 9.97. The van der Waals surface area contributed by atoms with Crippen molar-refractivity contribution < 1.29 is 8.42 Å². The van der Waals surface area contributed by atoms with Gasteiger partial charge >= 0.3 is 0 Å². The summed E-state index contributed by atoms with van der Waals surface area (Å²) in [5.74, 6) is 0.185. The highest BCUT2D eigenvalue weighted by Crippen LogP contribution is 2.38. The molecule has 0 bridgehead atoms. The molecule has 1 fully saturated rings. The second-order valence-electron chi connectivity index (χ2n) is 8.82. The van der Waals surface area contributed by atoms with Gasteiger partial charge in [-0.25, -0.2) is 8.42 Å². The lowest BCUT2D eigenvalue weighted by Crippen LogP contribution is -2.42. The summed E-state index contributed by atoms with van der Waals surface area (Å²) in [6.45, 7) is 5.18. The Labute approximate surface area is 181 Å². The van der Waals surface area contributed by atoms with E-state index in [4.69, 9.17) is 0 Å². The van der Waals surface area contributed by atoms with E-state index in [1.807, 2.05) is 37.0 Å². The number of rotatable bonds is 5. The van der Waals surface area contributed by atoms with Crippen molar-refractivity contribution in [2.75, 3.05) is 6.54 Å². The summed E-state index contributed by atoms with van der Waals surface area (Å²) < 4.78 is 30.2. The molecule has 1 unspecified atom stereocenters. The fourth-order valence-corrected chi connectivity index (χ4v) is 6.57. The highest BCUT2D eigenvalue weighted by molar-refractivity contribution is 7.89. The highest BCUT2D eigenvalue weighted by Gasteiger charge is 2.45. The van der Waals surface area contributed by atoms with Crippen LogP contribution in [0.5, 0.6) is 0 Å². The first-order chi connectivity index (χ1) is 14.8. The van der Waals surface area contributed by atoms with Crippen LogP contribution in [0.1, 0.15) is 20.3 Å². The second-order valence-corrected chi connectivity index (χ2v) is 10.7. The van der Waals surface area contributed by atoms with Gasteiger partial charge in [-0.2, -0.15) is 14.5 Å². The van der Waals surface area contributed by atoms with E-state index in [2.05, 4.69) is 33.5 Å². The van der Waals surface area contributed by atoms with Gasteiger partial charge in [-0.3, -0.25) is 9.78 Å². The number of nitrogens with zero attached hydrogens (tertiary/aromatic N) is 4. The largest absolute Gasteiger partial charge is 0.285 e. The molecule has 0 radical (unpaired) electrons. The molecule has 4 aromatic rings. The van der Waals surface area contributed by atoms with Gasteiger partial charge in [-0.05, 0) is 56.0 Å². The molecule has 0 aliphatic carbocycles. The van der Waals surface area contributed by atoms with Crippen molar-refractivity contribution in [1.82, 2.24) is 24.3 Å². The second kappa shape index (κ2) is 7.32. The summed E-state index contributed by atoms with van der Waals surface area (Å²) >= 11 is 0. The Bertz CT molecular complexity index is 1310. The maximum atomic E-state index is 13.3. The summed E-state index contributed by atoms with van der Waals surface area (Å²) in [5, 5.41) is 12.5. The Morgan fingerprint density at radius 2 is 1.90 bits per heavy atom. The third-order valence-corrected chi connectivity index (χ3v) is 8.21. The number of aromatic amines is 1. The predicted octanol–water partition coefficient (Wildman–Crippen LogP) is 3.92. The minimum atomic E-state index is -3.54. The fraction of sp³-hybridized carbons (Fsp3) is 0.304. The maximum absolute atomic E-state index is 13.3. The van der Waals surface area contributed by atoms with Crippen LogP contribution in [-0.2, 0) is 16.6 Å². The van der Waals surface area contributed by atoms with E-state index in [0.717, 1.165) is 28.5 Å². The Morgan fingerprint density at radius 3 is 2.65 bits per heavy atom. The molecule has 0 amide bonds. The molecule has 1 aliphatic heterocycles. The summed E-state index contributed by atoms with van der Waals surface area (Å²) in [5.41, 5.74) is 2.72. The van der Waals surface area contributed by atoms with Gasteiger partial charge in [0.1, 0.15) is 0 Å². The monoisotopic (exact) mass is 435 g/mol. The molecule has 2 aromatic heterocycles. The molecule has 3 heterocycles. The molecule has 5 rings (SSSR count). The van der Waals surface area contributed by atoms with Gasteiger partial charge in [0, 0.05) is 35.8 Å². The van der Waals surface area contributed by atoms with Gasteiger partial charge in [-0.1, -0.05) is 24.3 Å². The maximum Gasteiger partial charge on any atom is 0.243 e. The van der Waals surface area contributed by atoms with Gasteiger partial charge in [0.15, 0.2) is 0 Å². The molecule has 2 aromatic carbocycles. The number of aromatic nitrogens is 4. The van der Waals surface area contributed by atoms with E-state index in [1.165, 1.54) is 0 Å². The molecule has 0 spiro atoms. The third-order valence-electron chi connectivity index (χ3n) is 6.12. The molecule has 160 valence electrons. The zero-order valence-electron chi connectivity index (χ0n) is 17.6. The molecular formula is C23H25N5O2S. The molecule has 0 saturated carbocycles. The van der Waals surface area contributed by atoms with Crippen LogP contribution in [0.25, 0.3) is 22.0 Å². The van der Waals surface area contributed by atoms with Crippen molar-refractivity contribution in [2.45, 2.75) is 37.2 Å². The van der Waals surface area contributed by atoms with Gasteiger partial charge in [-0.15, -0.1) is 0 Å². The van der Waals surface area contributed by atoms with Crippen LogP contribution in [0.3, 0.4) is 0 Å². The number of sulfonamides is 1. The Morgan fingerprint density at radius 1 is 1.10 bits per heavy atom. The van der Waals surface area contributed by atoms with E-state index in [0.29, 0.717) is 18.0 Å². The summed E-state index contributed by atoms with van der Waals surface area (Å²) in [4.78, 5) is 0.347. The van der Waals surface area contributed by atoms with Crippen molar-refractivity contribution in [2.24, 2.45) is 5.92 Å². The van der Waals surface area contributed by atoms with Gasteiger partial charge in [0.25, 0.3) is 0 Å². The van der Waals surface area contributed by atoms with Crippen LogP contribution in [-0.4, -0.2) is 44.8 Å². The first kappa shape index (κ1) is 20.0. The number of hydrogen-bond acceptors (Lipinski definition) is 4. The van der Waals surface area contributed by atoms with Crippen molar-refractivity contribution in [3.05, 3.63) is 67.1 Å². The highest BCUT2D eigenvalue weighted by atomic mass is 32.2. The molecule has 31 heavy (non-hydrogen) atoms. The van der Waals surface area contributed by atoms with E-state index < -0.39 is 15.6 Å². The quantitative estimate of drug-likeness (QED) is 0.515. The Balaban J connectivity index is 1.39. The van der Waals surface area contributed by atoms with E-state index >= 15 is 0 Å². The van der Waals surface area contributed by atoms with Crippen LogP contribution in [0.15, 0.2) is 72.0 Å². The zero-order valence-corrected chi connectivity index (χ0v) is 18.4. The first-order valence-corrected chi connectivity index (χ1v) is 11.8. The van der Waals surface area contributed by atoms with Crippen LogP contribution in [0, 0.1) is 5.92 Å². The van der Waals surface area contributed by atoms with Gasteiger partial charge < -0.3 is 0 Å². The summed E-state index contributed by atoms with van der Waals surface area (Å²) in [6.07, 6.45) is 6.33. The predicted molar refractivity (Wildman–Crippen MR) is 120 cm³/mol. The number of H-pyrrole nitrogens is 1. The van der Waals surface area contributed by atoms with Gasteiger partial charge in [0.2, 0.25) is 10.0 Å². The minimum Gasteiger partial charge on any atom is -0.285 e. The van der Waals surface area contributed by atoms with Gasteiger partial charge in [0.05, 0.1) is 22.8 Å². The van der Waals surface area contributed by atoms with Crippen LogP contribution in [0.2, 0.25) is 0 Å². The van der Waals surface area contributed by atoms with Crippen molar-refractivity contribution in [3.8, 4) is 11.1 Å². The number of hydrogen-bond donors (Lipinski definition) is 1. The van der Waals surface area contributed by atoms with E-state index in [9.17, 15) is 8.42 Å². The third kappa shape index (κ3) is 3.55. The average Bonchev–Trinajstić information content (AvgIpc) is 3.48. The number of fused-ring (bicyclic) bond motifs is 1. The minimum absolute atomic E-state index is 0.185. The molecule has 8 heteroatoms. The standard InChI is InChI=1S/C23H25N5O2S/c1-23(2)11-17(16-28(23)31(29,30)21-6-4-3-5-7-21)15-27-22-9-8-18(10-19(22)14-26-27)20-12-24-25-13-20/h3-10,12-14,17H,11,15-16H2,1-2H3,(H,24,25). The average molecular weight is 436 g/mol. The normalized spacial score (nSPS) is 19.2. The lowest BCUT2D eigenvalue weighted by Gasteiger charge is -2.30. The summed E-state index contributed by atoms with van der Waals surface area (Å²) in [6, 6.07) is 14.9. The molecule has 1 saturated heterocycles. The van der Waals surface area contributed by atoms with Crippen molar-refractivity contribution in [3.63, 3.8) is 0 Å². The lowest BCUT2D eigenvalue weighted by molar-refractivity contribution is 0.291. The van der Waals surface area contributed by atoms with E-state index in [-0.39, 0.29) is 5.92 Å². The van der Waals surface area contributed by atoms with Crippen molar-refractivity contribution >= 4 is 20.9 Å². The van der Waals surface area contributed by atoms with Crippen LogP contribution >= 0.6 is 0 Å². The Kier molecular flexibility index (Phi) is 4.71. The Hall–Kier alpha value is -2.97. The molecule has 1 atom stereocenters. The summed E-state index contributed by atoms with van der Waals surface area (Å²) in [7, 11) is -3.54.